The summed E-state index contributed by atoms with van der Waals surface area (Å²) in [4.78, 5) is 28.0. The van der Waals surface area contributed by atoms with Crippen LogP contribution in [0.1, 0.15) is 37.8 Å². The highest BCUT2D eigenvalue weighted by atomic mass is 35.5. The number of aliphatic hydroxyl groups excluding tert-OH is 1. The number of aliphatic imine (C=N–C) groups is 1. The number of carbonyl (C=O) groups is 1. The molecule has 2 aromatic carbocycles. The second-order valence-corrected chi connectivity index (χ2v) is 11.0. The summed E-state index contributed by atoms with van der Waals surface area (Å²) < 4.78 is 0. The van der Waals surface area contributed by atoms with Crippen LogP contribution < -0.4 is 4.90 Å². The lowest BCUT2D eigenvalue weighted by Gasteiger charge is -2.30. The molecule has 2 aliphatic heterocycles. The molecule has 0 aliphatic carbocycles. The number of fused-ring (bicyclic) bond motifs is 1. The lowest BCUT2D eigenvalue weighted by Crippen LogP contribution is -2.32. The van der Waals surface area contributed by atoms with Gasteiger partial charge in [-0.1, -0.05) is 72.1 Å². The molecule has 0 radical (unpaired) electrons. The minimum Gasteiger partial charge on any atom is -0.488 e. The van der Waals surface area contributed by atoms with E-state index in [9.17, 15) is 9.90 Å². The number of carbonyl (C=O) groups excluding carboxylic acids is 1. The van der Waals surface area contributed by atoms with Gasteiger partial charge in [0.05, 0.1) is 22.3 Å². The van der Waals surface area contributed by atoms with Gasteiger partial charge < -0.3 is 10.0 Å². The summed E-state index contributed by atoms with van der Waals surface area (Å²) in [5.41, 5.74) is 4.64. The van der Waals surface area contributed by atoms with Crippen molar-refractivity contribution in [3.8, 4) is 22.5 Å². The first-order chi connectivity index (χ1) is 17.5. The molecule has 9 heteroatoms. The maximum Gasteiger partial charge on any atom is 0.263 e. The molecule has 3 aromatic rings. The molecule has 0 saturated heterocycles. The fourth-order valence-electron chi connectivity index (χ4n) is 4.62. The number of amides is 1. The van der Waals surface area contributed by atoms with Gasteiger partial charge in [0.1, 0.15) is 0 Å². The Bertz CT molecular complexity index is 1280. The van der Waals surface area contributed by atoms with Crippen molar-refractivity contribution in [2.24, 2.45) is 4.99 Å². The molecule has 1 N–H and O–H groups in total. The Kier molecular flexibility index (Phi) is 7.79. The molecule has 36 heavy (non-hydrogen) atoms. The van der Waals surface area contributed by atoms with Crippen LogP contribution >= 0.6 is 35.0 Å². The molecule has 186 valence electrons. The molecule has 0 fully saturated rings. The lowest BCUT2D eigenvalue weighted by molar-refractivity contribution is -0.117. The van der Waals surface area contributed by atoms with E-state index in [4.69, 9.17) is 33.2 Å². The SMILES string of the molecule is O=C1N=C(O)SC1CCCCCN1CCCc2nc(-c3ccc(Cl)cc3)c(-c3ccc(Cl)cc3)nc21. The van der Waals surface area contributed by atoms with Crippen molar-refractivity contribution < 1.29 is 9.90 Å². The number of hydrogen-bond acceptors (Lipinski definition) is 5. The fraction of sp³-hybridized carbons (Fsp3) is 0.333. The van der Waals surface area contributed by atoms with Crippen LogP contribution in [0.25, 0.3) is 22.5 Å². The van der Waals surface area contributed by atoms with Gasteiger partial charge in [0.2, 0.25) is 0 Å². The summed E-state index contributed by atoms with van der Waals surface area (Å²) in [5, 5.41) is 10.4. The molecule has 3 heterocycles. The van der Waals surface area contributed by atoms with Crippen molar-refractivity contribution >= 4 is 51.9 Å². The summed E-state index contributed by atoms with van der Waals surface area (Å²) in [5.74, 6) is 0.729. The van der Waals surface area contributed by atoms with Crippen molar-refractivity contribution in [2.45, 2.75) is 43.8 Å². The number of unbranched alkanes of at least 4 members (excludes halogenated alkanes) is 2. The number of aliphatic hydroxyl groups is 1. The maximum atomic E-state index is 11.7. The quantitative estimate of drug-likeness (QED) is 0.310. The Morgan fingerprint density at radius 3 is 2.17 bits per heavy atom. The molecule has 0 saturated carbocycles. The van der Waals surface area contributed by atoms with Crippen LogP contribution in [-0.2, 0) is 11.2 Å². The second kappa shape index (κ2) is 11.2. The van der Waals surface area contributed by atoms with Crippen molar-refractivity contribution in [1.82, 2.24) is 9.97 Å². The van der Waals surface area contributed by atoms with Gasteiger partial charge >= 0.3 is 0 Å². The predicted molar refractivity (Wildman–Crippen MR) is 148 cm³/mol. The van der Waals surface area contributed by atoms with Crippen molar-refractivity contribution in [2.75, 3.05) is 18.0 Å². The van der Waals surface area contributed by atoms with Crippen LogP contribution in [0.4, 0.5) is 5.82 Å². The van der Waals surface area contributed by atoms with E-state index in [-0.39, 0.29) is 16.4 Å². The molecule has 1 atom stereocenters. The second-order valence-electron chi connectivity index (χ2n) is 8.98. The number of hydrogen-bond donors (Lipinski definition) is 1. The zero-order valence-electron chi connectivity index (χ0n) is 19.7. The minimum absolute atomic E-state index is 0.108. The summed E-state index contributed by atoms with van der Waals surface area (Å²) in [7, 11) is 0. The fourth-order valence-corrected chi connectivity index (χ4v) is 5.71. The summed E-state index contributed by atoms with van der Waals surface area (Å²) in [6, 6.07) is 15.4. The van der Waals surface area contributed by atoms with Crippen molar-refractivity contribution in [3.05, 3.63) is 64.3 Å². The summed E-state index contributed by atoms with van der Waals surface area (Å²) in [6.45, 7) is 1.83. The van der Waals surface area contributed by atoms with Gasteiger partial charge in [-0.2, -0.15) is 4.99 Å². The molecule has 0 spiro atoms. The maximum absolute atomic E-state index is 11.7. The Labute approximate surface area is 224 Å². The summed E-state index contributed by atoms with van der Waals surface area (Å²) >= 11 is 13.5. The Hall–Kier alpha value is -2.61. The normalized spacial score (nSPS) is 17.3. The van der Waals surface area contributed by atoms with Crippen LogP contribution in [0.3, 0.4) is 0 Å². The minimum atomic E-state index is -0.236. The van der Waals surface area contributed by atoms with Crippen molar-refractivity contribution in [3.63, 3.8) is 0 Å². The van der Waals surface area contributed by atoms with Crippen LogP contribution in [0.15, 0.2) is 53.5 Å². The average molecular weight is 542 g/mol. The number of rotatable bonds is 8. The van der Waals surface area contributed by atoms with E-state index in [2.05, 4.69) is 9.89 Å². The third kappa shape index (κ3) is 5.69. The van der Waals surface area contributed by atoms with Gasteiger partial charge in [-0.3, -0.25) is 4.79 Å². The highest BCUT2D eigenvalue weighted by Gasteiger charge is 2.28. The molecule has 1 aromatic heterocycles. The lowest BCUT2D eigenvalue weighted by atomic mass is 10.0. The zero-order valence-corrected chi connectivity index (χ0v) is 22.0. The van der Waals surface area contributed by atoms with E-state index in [1.165, 1.54) is 0 Å². The molecule has 5 rings (SSSR count). The Morgan fingerprint density at radius 1 is 0.917 bits per heavy atom. The van der Waals surface area contributed by atoms with Gasteiger partial charge in [-0.05, 0) is 49.9 Å². The van der Waals surface area contributed by atoms with Crippen LogP contribution in [-0.4, -0.2) is 44.6 Å². The largest absolute Gasteiger partial charge is 0.488 e. The van der Waals surface area contributed by atoms with Crippen LogP contribution in [0.5, 0.6) is 0 Å². The molecule has 2 aliphatic rings. The molecule has 1 unspecified atom stereocenters. The van der Waals surface area contributed by atoms with E-state index in [0.29, 0.717) is 10.0 Å². The van der Waals surface area contributed by atoms with Gasteiger partial charge in [0, 0.05) is 34.3 Å². The van der Waals surface area contributed by atoms with E-state index < -0.39 is 0 Å². The number of aryl methyl sites for hydroxylation is 1. The third-order valence-corrected chi connectivity index (χ3v) is 7.97. The monoisotopic (exact) mass is 540 g/mol. The third-order valence-electron chi connectivity index (χ3n) is 6.45. The first kappa shape index (κ1) is 25.1. The van der Waals surface area contributed by atoms with E-state index in [1.54, 1.807) is 0 Å². The summed E-state index contributed by atoms with van der Waals surface area (Å²) in [6.07, 6.45) is 5.57. The number of halogens is 2. The molecule has 6 nitrogen and oxygen atoms in total. The number of benzene rings is 2. The molecular formula is C27H26Cl2N4O2S. The van der Waals surface area contributed by atoms with Crippen molar-refractivity contribution in [1.29, 1.82) is 0 Å². The first-order valence-electron chi connectivity index (χ1n) is 12.1. The van der Waals surface area contributed by atoms with Crippen LogP contribution in [0, 0.1) is 0 Å². The number of anilines is 1. The smallest absolute Gasteiger partial charge is 0.263 e. The Morgan fingerprint density at radius 2 is 1.56 bits per heavy atom. The number of thioether (sulfide) groups is 1. The topological polar surface area (TPSA) is 78.7 Å². The highest BCUT2D eigenvalue weighted by molar-refractivity contribution is 8.15. The predicted octanol–water partition coefficient (Wildman–Crippen LogP) is 6.99. The number of aromatic nitrogens is 2. The zero-order chi connectivity index (χ0) is 25.1. The van der Waals surface area contributed by atoms with Crippen LogP contribution in [0.2, 0.25) is 10.0 Å². The van der Waals surface area contributed by atoms with E-state index in [0.717, 1.165) is 97.4 Å². The molecule has 1 amide bonds. The number of nitrogens with zero attached hydrogens (tertiary/aromatic N) is 4. The first-order valence-corrected chi connectivity index (χ1v) is 13.8. The van der Waals surface area contributed by atoms with Gasteiger partial charge in [0.25, 0.3) is 11.1 Å². The van der Waals surface area contributed by atoms with E-state index in [1.807, 2.05) is 48.5 Å². The van der Waals surface area contributed by atoms with Gasteiger partial charge in [-0.15, -0.1) is 0 Å². The Balaban J connectivity index is 1.34. The molecule has 0 bridgehead atoms. The van der Waals surface area contributed by atoms with Gasteiger partial charge in [-0.25, -0.2) is 9.97 Å². The standard InChI is InChI=1S/C27H26Cl2N4O2S/c28-19-11-7-17(8-12-19)23-24(18-9-13-20(29)14-10-18)31-25-21(30-23)5-4-16-33(25)15-3-1-2-6-22-26(34)32-27(35)36-22/h7-14,22H,1-6,15-16H2,(H,32,34,35). The van der Waals surface area contributed by atoms with Gasteiger partial charge in [0.15, 0.2) is 5.82 Å². The van der Waals surface area contributed by atoms with E-state index >= 15 is 0 Å². The molecular weight excluding hydrogens is 515 g/mol. The highest BCUT2D eigenvalue weighted by Crippen LogP contribution is 2.35. The average Bonchev–Trinajstić information content (AvgIpc) is 3.20.